The van der Waals surface area contributed by atoms with Crippen molar-refractivity contribution in [2.24, 2.45) is 0 Å². The van der Waals surface area contributed by atoms with E-state index < -0.39 is 5.60 Å². The van der Waals surface area contributed by atoms with Crippen molar-refractivity contribution in [2.45, 2.75) is 39.2 Å². The molecule has 0 saturated heterocycles. The smallest absolute Gasteiger partial charge is 0.101 e. The van der Waals surface area contributed by atoms with E-state index in [-0.39, 0.29) is 0 Å². The fraction of sp³-hybridized carbons (Fsp3) is 0.545. The summed E-state index contributed by atoms with van der Waals surface area (Å²) in [6.07, 6.45) is 1.83. The highest BCUT2D eigenvalue weighted by molar-refractivity contribution is 5.19. The van der Waals surface area contributed by atoms with E-state index >= 15 is 0 Å². The number of hydrogen-bond donors (Lipinski definition) is 1. The van der Waals surface area contributed by atoms with Crippen molar-refractivity contribution in [3.8, 4) is 0 Å². The molecule has 0 unspecified atom stereocenters. The maximum absolute atomic E-state index is 9.66. The van der Waals surface area contributed by atoms with E-state index in [0.717, 1.165) is 5.69 Å². The van der Waals surface area contributed by atoms with Gasteiger partial charge in [0.2, 0.25) is 0 Å². The summed E-state index contributed by atoms with van der Waals surface area (Å²) < 4.78 is 0. The monoisotopic (exact) mass is 179 g/mol. The van der Waals surface area contributed by atoms with Gasteiger partial charge in [0, 0.05) is 6.20 Å². The van der Waals surface area contributed by atoms with E-state index in [1.165, 1.54) is 5.56 Å². The van der Waals surface area contributed by atoms with Crippen LogP contribution in [0.3, 0.4) is 0 Å². The van der Waals surface area contributed by atoms with Gasteiger partial charge >= 0.3 is 0 Å². The molecule has 0 aliphatic rings. The van der Waals surface area contributed by atoms with Crippen LogP contribution in [0, 0.1) is 0 Å². The van der Waals surface area contributed by atoms with Gasteiger partial charge in [0.15, 0.2) is 0 Å². The van der Waals surface area contributed by atoms with Crippen LogP contribution in [0.15, 0.2) is 18.3 Å². The molecular weight excluding hydrogens is 162 g/mol. The van der Waals surface area contributed by atoms with Gasteiger partial charge in [-0.1, -0.05) is 19.9 Å². The average Bonchev–Trinajstić information content (AvgIpc) is 2.03. The average molecular weight is 179 g/mol. The Morgan fingerprint density at radius 3 is 2.23 bits per heavy atom. The lowest BCUT2D eigenvalue weighted by atomic mass is 10.0. The van der Waals surface area contributed by atoms with Crippen LogP contribution in [-0.4, -0.2) is 10.1 Å². The molecule has 1 rings (SSSR count). The Labute approximate surface area is 79.6 Å². The predicted molar refractivity (Wildman–Crippen MR) is 53.6 cm³/mol. The summed E-state index contributed by atoms with van der Waals surface area (Å²) in [5.41, 5.74) is 1.08. The molecule has 0 amide bonds. The Morgan fingerprint density at radius 2 is 1.92 bits per heavy atom. The van der Waals surface area contributed by atoms with Gasteiger partial charge in [-0.15, -0.1) is 0 Å². The molecule has 0 saturated carbocycles. The highest BCUT2D eigenvalue weighted by Crippen LogP contribution is 2.19. The van der Waals surface area contributed by atoms with Crippen molar-refractivity contribution in [1.29, 1.82) is 0 Å². The fourth-order valence-corrected chi connectivity index (χ4v) is 1.11. The first-order valence-electron chi connectivity index (χ1n) is 4.60. The molecule has 0 aromatic carbocycles. The lowest BCUT2D eigenvalue weighted by molar-refractivity contribution is 0.0738. The third kappa shape index (κ3) is 2.52. The molecule has 0 aliphatic carbocycles. The van der Waals surface area contributed by atoms with E-state index in [2.05, 4.69) is 18.8 Å². The molecule has 0 spiro atoms. The minimum absolute atomic E-state index is 0.489. The molecule has 0 fully saturated rings. The lowest BCUT2D eigenvalue weighted by Crippen LogP contribution is -2.17. The third-order valence-electron chi connectivity index (χ3n) is 2.08. The minimum Gasteiger partial charge on any atom is -0.384 e. The van der Waals surface area contributed by atoms with Crippen molar-refractivity contribution in [2.75, 3.05) is 0 Å². The van der Waals surface area contributed by atoms with Crippen LogP contribution >= 0.6 is 0 Å². The normalized spacial score (nSPS) is 12.2. The maximum Gasteiger partial charge on any atom is 0.101 e. The highest BCUT2D eigenvalue weighted by atomic mass is 16.3. The molecule has 1 N–H and O–H groups in total. The van der Waals surface area contributed by atoms with Gasteiger partial charge in [-0.25, -0.2) is 0 Å². The van der Waals surface area contributed by atoms with E-state index in [1.807, 2.05) is 18.3 Å². The van der Waals surface area contributed by atoms with E-state index in [1.54, 1.807) is 13.8 Å². The number of hydrogen-bond acceptors (Lipinski definition) is 2. The largest absolute Gasteiger partial charge is 0.384 e. The van der Waals surface area contributed by atoms with Crippen molar-refractivity contribution < 1.29 is 5.11 Å². The molecule has 0 atom stereocenters. The van der Waals surface area contributed by atoms with Gasteiger partial charge in [-0.2, -0.15) is 0 Å². The Morgan fingerprint density at radius 1 is 1.31 bits per heavy atom. The highest BCUT2D eigenvalue weighted by Gasteiger charge is 2.17. The SMILES string of the molecule is CC(C)c1ccc(C(C)(C)O)nc1. The molecule has 2 heteroatoms. The summed E-state index contributed by atoms with van der Waals surface area (Å²) in [5, 5.41) is 9.66. The third-order valence-corrected chi connectivity index (χ3v) is 2.08. The number of aromatic nitrogens is 1. The van der Waals surface area contributed by atoms with Gasteiger partial charge < -0.3 is 5.11 Å². The first-order valence-corrected chi connectivity index (χ1v) is 4.60. The molecule has 0 radical (unpaired) electrons. The summed E-state index contributed by atoms with van der Waals surface area (Å²) >= 11 is 0. The fourth-order valence-electron chi connectivity index (χ4n) is 1.11. The quantitative estimate of drug-likeness (QED) is 0.756. The predicted octanol–water partition coefficient (Wildman–Crippen LogP) is 2.43. The van der Waals surface area contributed by atoms with E-state index in [0.29, 0.717) is 5.92 Å². The van der Waals surface area contributed by atoms with Gasteiger partial charge in [0.1, 0.15) is 5.60 Å². The van der Waals surface area contributed by atoms with E-state index in [9.17, 15) is 5.11 Å². The van der Waals surface area contributed by atoms with Gasteiger partial charge in [0.25, 0.3) is 0 Å². The van der Waals surface area contributed by atoms with Crippen molar-refractivity contribution in [3.63, 3.8) is 0 Å². The summed E-state index contributed by atoms with van der Waals surface area (Å²) in [6.45, 7) is 7.73. The first-order chi connectivity index (χ1) is 5.91. The van der Waals surface area contributed by atoms with Gasteiger partial charge in [0.05, 0.1) is 5.69 Å². The second kappa shape index (κ2) is 3.46. The number of pyridine rings is 1. The summed E-state index contributed by atoms with van der Waals surface area (Å²) in [7, 11) is 0. The van der Waals surface area contributed by atoms with Crippen LogP contribution in [0.2, 0.25) is 0 Å². The standard InChI is InChI=1S/C11H17NO/c1-8(2)9-5-6-10(12-7-9)11(3,4)13/h5-8,13H,1-4H3. The second-order valence-electron chi connectivity index (χ2n) is 4.19. The van der Waals surface area contributed by atoms with Gasteiger partial charge in [-0.05, 0) is 31.4 Å². The minimum atomic E-state index is -0.838. The van der Waals surface area contributed by atoms with Crippen LogP contribution in [0.25, 0.3) is 0 Å². The Balaban J connectivity index is 2.94. The molecule has 1 aromatic rings. The zero-order valence-electron chi connectivity index (χ0n) is 8.70. The van der Waals surface area contributed by atoms with Crippen molar-refractivity contribution in [1.82, 2.24) is 4.98 Å². The van der Waals surface area contributed by atoms with Crippen LogP contribution < -0.4 is 0 Å². The zero-order valence-corrected chi connectivity index (χ0v) is 8.70. The number of nitrogens with zero attached hydrogens (tertiary/aromatic N) is 1. The van der Waals surface area contributed by atoms with Crippen LogP contribution in [-0.2, 0) is 5.60 Å². The van der Waals surface area contributed by atoms with Crippen LogP contribution in [0.5, 0.6) is 0 Å². The molecule has 13 heavy (non-hydrogen) atoms. The second-order valence-corrected chi connectivity index (χ2v) is 4.19. The Hall–Kier alpha value is -0.890. The Kier molecular flexibility index (Phi) is 2.71. The topological polar surface area (TPSA) is 33.1 Å². The number of rotatable bonds is 2. The molecule has 1 heterocycles. The molecule has 0 aliphatic heterocycles. The van der Waals surface area contributed by atoms with Crippen LogP contribution in [0.4, 0.5) is 0 Å². The molecule has 2 nitrogen and oxygen atoms in total. The molecule has 1 aromatic heterocycles. The Bertz CT molecular complexity index is 269. The first kappa shape index (κ1) is 10.2. The summed E-state index contributed by atoms with van der Waals surface area (Å²) in [6, 6.07) is 3.90. The molecule has 72 valence electrons. The molecule has 0 bridgehead atoms. The summed E-state index contributed by atoms with van der Waals surface area (Å²) in [5.74, 6) is 0.489. The maximum atomic E-state index is 9.66. The van der Waals surface area contributed by atoms with Gasteiger partial charge in [-0.3, -0.25) is 4.98 Å². The van der Waals surface area contributed by atoms with Crippen molar-refractivity contribution >= 4 is 0 Å². The van der Waals surface area contributed by atoms with Crippen LogP contribution in [0.1, 0.15) is 44.9 Å². The lowest BCUT2D eigenvalue weighted by Gasteiger charge is -2.16. The number of aliphatic hydroxyl groups is 1. The van der Waals surface area contributed by atoms with Crippen molar-refractivity contribution in [3.05, 3.63) is 29.6 Å². The molecular formula is C11H17NO. The zero-order chi connectivity index (χ0) is 10.1. The summed E-state index contributed by atoms with van der Waals surface area (Å²) in [4.78, 5) is 4.22. The van der Waals surface area contributed by atoms with E-state index in [4.69, 9.17) is 0 Å².